The molecule has 0 aromatic heterocycles. The van der Waals surface area contributed by atoms with E-state index < -0.39 is 31.5 Å². The largest absolute Gasteiger partial charge is 0.469 e. The summed E-state index contributed by atoms with van der Waals surface area (Å²) in [6, 6.07) is 21.0. The molecule has 0 fully saturated rings. The van der Waals surface area contributed by atoms with E-state index in [0.717, 1.165) is 0 Å². The molecule has 0 saturated heterocycles. The highest BCUT2D eigenvalue weighted by Gasteiger charge is 2.51. The summed E-state index contributed by atoms with van der Waals surface area (Å²) in [4.78, 5) is 38.1. The Bertz CT molecular complexity index is 1310. The molecule has 210 valence electrons. The number of ether oxygens (including phenoxy) is 2. The van der Waals surface area contributed by atoms with E-state index in [9.17, 15) is 14.4 Å². The first-order valence-electron chi connectivity index (χ1n) is 13.9. The van der Waals surface area contributed by atoms with Gasteiger partial charge < -0.3 is 13.9 Å². The number of ketones is 2. The summed E-state index contributed by atoms with van der Waals surface area (Å²) in [5, 5.41) is 2.33. The third kappa shape index (κ3) is 5.67. The van der Waals surface area contributed by atoms with Crippen LogP contribution in [0.15, 0.2) is 96.0 Å². The fraction of sp³-hybridized carbons (Fsp3) is 0.364. The molecule has 40 heavy (non-hydrogen) atoms. The van der Waals surface area contributed by atoms with Crippen molar-refractivity contribution >= 4 is 36.2 Å². The van der Waals surface area contributed by atoms with Crippen molar-refractivity contribution in [1.82, 2.24) is 0 Å². The van der Waals surface area contributed by atoms with Crippen LogP contribution < -0.4 is 10.4 Å². The molecule has 2 aromatic carbocycles. The Morgan fingerprint density at radius 3 is 2.10 bits per heavy atom. The van der Waals surface area contributed by atoms with Gasteiger partial charge in [0.25, 0.3) is 8.32 Å². The van der Waals surface area contributed by atoms with Crippen LogP contribution in [-0.2, 0) is 28.3 Å². The summed E-state index contributed by atoms with van der Waals surface area (Å²) in [6.07, 6.45) is 6.43. The lowest BCUT2D eigenvalue weighted by molar-refractivity contribution is -0.168. The molecule has 1 aliphatic heterocycles. The van der Waals surface area contributed by atoms with E-state index in [1.54, 1.807) is 6.08 Å². The monoisotopic (exact) mass is 558 g/mol. The van der Waals surface area contributed by atoms with Crippen LogP contribution in [-0.4, -0.2) is 38.1 Å². The average molecular weight is 559 g/mol. The van der Waals surface area contributed by atoms with Crippen molar-refractivity contribution in [3.63, 3.8) is 0 Å². The van der Waals surface area contributed by atoms with Crippen molar-refractivity contribution in [2.45, 2.75) is 70.9 Å². The first kappa shape index (κ1) is 29.4. The number of benzene rings is 2. The lowest BCUT2D eigenvalue weighted by Crippen LogP contribution is -2.66. The van der Waals surface area contributed by atoms with E-state index in [2.05, 4.69) is 69.3 Å². The zero-order valence-corrected chi connectivity index (χ0v) is 25.0. The Labute approximate surface area is 237 Å². The molecule has 0 bridgehead atoms. The maximum atomic E-state index is 13.1. The second-order valence-electron chi connectivity index (χ2n) is 11.4. The van der Waals surface area contributed by atoms with E-state index in [0.29, 0.717) is 37.2 Å². The number of esters is 1. The van der Waals surface area contributed by atoms with Crippen molar-refractivity contribution in [2.75, 3.05) is 6.61 Å². The summed E-state index contributed by atoms with van der Waals surface area (Å²) < 4.78 is 18.1. The number of hydrogen-bond donors (Lipinski definition) is 0. The predicted molar refractivity (Wildman–Crippen MR) is 158 cm³/mol. The molecule has 1 heterocycles. The molecule has 0 amide bonds. The third-order valence-electron chi connectivity index (χ3n) is 7.47. The maximum Gasteiger partial charge on any atom is 0.307 e. The van der Waals surface area contributed by atoms with Gasteiger partial charge >= 0.3 is 5.97 Å². The summed E-state index contributed by atoms with van der Waals surface area (Å²) in [5.74, 6) is -1.03. The highest BCUT2D eigenvalue weighted by atomic mass is 28.4. The van der Waals surface area contributed by atoms with Gasteiger partial charge in [-0.25, -0.2) is 0 Å². The van der Waals surface area contributed by atoms with Gasteiger partial charge in [0.15, 0.2) is 0 Å². The van der Waals surface area contributed by atoms with Crippen LogP contribution in [0.2, 0.25) is 5.04 Å². The van der Waals surface area contributed by atoms with Gasteiger partial charge in [0, 0.05) is 19.4 Å². The Morgan fingerprint density at radius 2 is 1.55 bits per heavy atom. The van der Waals surface area contributed by atoms with Gasteiger partial charge in [-0.1, -0.05) is 88.4 Å². The number of carbonyl (C=O) groups is 3. The lowest BCUT2D eigenvalue weighted by Gasteiger charge is -2.43. The zero-order valence-electron chi connectivity index (χ0n) is 24.0. The Kier molecular flexibility index (Phi) is 8.76. The molecule has 2 aliphatic rings. The van der Waals surface area contributed by atoms with E-state index in [1.807, 2.05) is 19.1 Å². The number of rotatable bonds is 10. The molecule has 0 radical (unpaired) electrons. The minimum atomic E-state index is -2.63. The molecular formula is C33H38O6Si. The molecule has 0 N–H and O–H groups in total. The summed E-state index contributed by atoms with van der Waals surface area (Å²) >= 11 is 0. The average Bonchev–Trinajstić information content (AvgIpc) is 2.92. The van der Waals surface area contributed by atoms with Crippen LogP contribution in [0.5, 0.6) is 0 Å². The maximum absolute atomic E-state index is 13.1. The fourth-order valence-electron chi connectivity index (χ4n) is 5.38. The summed E-state index contributed by atoms with van der Waals surface area (Å²) in [6.45, 7) is 10.4. The number of carbonyl (C=O) groups excluding carboxylic acids is 3. The first-order valence-corrected chi connectivity index (χ1v) is 15.8. The number of hydrogen-bond acceptors (Lipinski definition) is 6. The Balaban J connectivity index is 1.49. The third-order valence-corrected chi connectivity index (χ3v) is 12.5. The van der Waals surface area contributed by atoms with Crippen LogP contribution >= 0.6 is 0 Å². The van der Waals surface area contributed by atoms with E-state index >= 15 is 0 Å². The van der Waals surface area contributed by atoms with Gasteiger partial charge in [0.1, 0.15) is 12.0 Å². The van der Waals surface area contributed by atoms with Crippen molar-refractivity contribution < 1.29 is 28.3 Å². The SMILES string of the molecule is CCCC(=O)O[C@@]1(C)C(=O)C=C2C=C(CCCO[Si](c3ccccc3)(c3ccccc3)C(C)(C)C)OC=C2C1=O. The quantitative estimate of drug-likeness (QED) is 0.170. The molecule has 0 spiro atoms. The highest BCUT2D eigenvalue weighted by molar-refractivity contribution is 6.99. The van der Waals surface area contributed by atoms with E-state index in [-0.39, 0.29) is 17.0 Å². The smallest absolute Gasteiger partial charge is 0.307 e. The predicted octanol–water partition coefficient (Wildman–Crippen LogP) is 5.32. The van der Waals surface area contributed by atoms with Gasteiger partial charge in [-0.3, -0.25) is 14.4 Å². The van der Waals surface area contributed by atoms with Crippen LogP contribution in [0.3, 0.4) is 0 Å². The van der Waals surface area contributed by atoms with Crippen LogP contribution in [0, 0.1) is 0 Å². The van der Waals surface area contributed by atoms with Crippen molar-refractivity contribution in [1.29, 1.82) is 0 Å². The Morgan fingerprint density at radius 1 is 0.950 bits per heavy atom. The molecule has 2 aromatic rings. The molecule has 6 nitrogen and oxygen atoms in total. The van der Waals surface area contributed by atoms with Crippen LogP contribution in [0.1, 0.15) is 60.3 Å². The molecule has 1 atom stereocenters. The molecule has 0 unspecified atom stereocenters. The van der Waals surface area contributed by atoms with Crippen LogP contribution in [0.25, 0.3) is 0 Å². The highest BCUT2D eigenvalue weighted by Crippen LogP contribution is 2.37. The minimum Gasteiger partial charge on any atom is -0.469 e. The van der Waals surface area contributed by atoms with Gasteiger partial charge in [0.05, 0.1) is 5.57 Å². The van der Waals surface area contributed by atoms with Gasteiger partial charge in [-0.15, -0.1) is 0 Å². The second kappa shape index (κ2) is 11.9. The normalized spacial score (nSPS) is 19.2. The van der Waals surface area contributed by atoms with E-state index in [1.165, 1.54) is 29.6 Å². The van der Waals surface area contributed by atoms with Crippen molar-refractivity contribution in [3.8, 4) is 0 Å². The molecule has 0 saturated carbocycles. The number of allylic oxidation sites excluding steroid dienone is 3. The summed E-state index contributed by atoms with van der Waals surface area (Å²) in [5.41, 5.74) is -1.15. The fourth-order valence-corrected chi connectivity index (χ4v) is 9.99. The Hall–Kier alpha value is -3.55. The van der Waals surface area contributed by atoms with Gasteiger partial charge in [-0.2, -0.15) is 0 Å². The van der Waals surface area contributed by atoms with Crippen LogP contribution in [0.4, 0.5) is 0 Å². The lowest BCUT2D eigenvalue weighted by atomic mass is 9.80. The first-order chi connectivity index (χ1) is 19.0. The second-order valence-corrected chi connectivity index (χ2v) is 15.7. The molecule has 1 aliphatic carbocycles. The molecular weight excluding hydrogens is 520 g/mol. The van der Waals surface area contributed by atoms with Crippen molar-refractivity contribution in [3.05, 3.63) is 96.0 Å². The molecule has 7 heteroatoms. The zero-order chi connectivity index (χ0) is 29.0. The topological polar surface area (TPSA) is 78.9 Å². The van der Waals surface area contributed by atoms with Crippen molar-refractivity contribution in [2.24, 2.45) is 0 Å². The van der Waals surface area contributed by atoms with Gasteiger partial charge in [-0.05, 0) is 52.9 Å². The minimum absolute atomic E-state index is 0.116. The number of fused-ring (bicyclic) bond motifs is 1. The standard InChI is InChI=1S/C33H38O6Si/c1-6-14-30(35)39-33(5)29(34)22-24-21-25(37-23-28(24)31(33)36)15-13-20-38-40(32(2,3)4,26-16-9-7-10-17-26)27-18-11-8-12-19-27/h7-12,16-19,21-23H,6,13-15,20H2,1-5H3/t33-/m0/s1. The number of Topliss-reactive ketones (excluding diaryl/α,β-unsaturated/α-hetero) is 1. The van der Waals surface area contributed by atoms with E-state index in [4.69, 9.17) is 13.9 Å². The van der Waals surface area contributed by atoms with Gasteiger partial charge in [0.2, 0.25) is 17.2 Å². The molecule has 4 rings (SSSR count). The summed E-state index contributed by atoms with van der Waals surface area (Å²) in [7, 11) is -2.63.